The van der Waals surface area contributed by atoms with Gasteiger partial charge in [0.1, 0.15) is 0 Å². The van der Waals surface area contributed by atoms with E-state index < -0.39 is 0 Å². The first kappa shape index (κ1) is 9.45. The molecule has 1 aromatic carbocycles. The highest BCUT2D eigenvalue weighted by atomic mass is 15.0. The van der Waals surface area contributed by atoms with E-state index in [-0.39, 0.29) is 0 Å². The van der Waals surface area contributed by atoms with Crippen molar-refractivity contribution in [1.82, 2.24) is 9.97 Å². The lowest BCUT2D eigenvalue weighted by atomic mass is 10.3. The van der Waals surface area contributed by atoms with E-state index in [1.165, 1.54) is 0 Å². The summed E-state index contributed by atoms with van der Waals surface area (Å²) in [6.45, 7) is 1.91. The molecule has 0 spiro atoms. The summed E-state index contributed by atoms with van der Waals surface area (Å²) < 4.78 is 0. The molecule has 0 saturated carbocycles. The summed E-state index contributed by atoms with van der Waals surface area (Å²) in [6, 6.07) is 7.50. The molecule has 2 aromatic rings. The Morgan fingerprint density at radius 1 is 1.07 bits per heavy atom. The van der Waals surface area contributed by atoms with E-state index in [0.717, 1.165) is 22.9 Å². The normalized spacial score (nSPS) is 9.93. The Balaban J connectivity index is 2.22. The summed E-state index contributed by atoms with van der Waals surface area (Å²) in [5, 5.41) is 3.17. The van der Waals surface area contributed by atoms with Crippen molar-refractivity contribution in [3.8, 4) is 0 Å². The van der Waals surface area contributed by atoms with Gasteiger partial charge in [0.25, 0.3) is 0 Å². The third-order valence-corrected chi connectivity index (χ3v) is 2.05. The minimum atomic E-state index is 0.747. The standard InChI is InChI=1S/C11H12N4/c1-8-11(14-7-6-13-8)15-10-4-2-9(12)3-5-10/h2-7H,12H2,1H3,(H,14,15). The third kappa shape index (κ3) is 2.22. The van der Waals surface area contributed by atoms with Gasteiger partial charge in [0.05, 0.1) is 5.69 Å². The molecule has 0 aliphatic rings. The van der Waals surface area contributed by atoms with E-state index in [0.29, 0.717) is 0 Å². The van der Waals surface area contributed by atoms with Crippen molar-refractivity contribution in [2.24, 2.45) is 0 Å². The number of aromatic nitrogens is 2. The average Bonchev–Trinajstić information content (AvgIpc) is 2.25. The number of nitrogens with one attached hydrogen (secondary N) is 1. The fraction of sp³-hybridized carbons (Fsp3) is 0.0909. The van der Waals surface area contributed by atoms with Crippen molar-refractivity contribution in [3.05, 3.63) is 42.4 Å². The van der Waals surface area contributed by atoms with Gasteiger partial charge >= 0.3 is 0 Å². The Hall–Kier alpha value is -2.10. The quantitative estimate of drug-likeness (QED) is 0.729. The van der Waals surface area contributed by atoms with Crippen LogP contribution in [0.15, 0.2) is 36.7 Å². The third-order valence-electron chi connectivity index (χ3n) is 2.05. The molecule has 4 nitrogen and oxygen atoms in total. The van der Waals surface area contributed by atoms with Gasteiger partial charge in [-0.05, 0) is 31.2 Å². The van der Waals surface area contributed by atoms with Gasteiger partial charge in [0.15, 0.2) is 5.82 Å². The van der Waals surface area contributed by atoms with E-state index in [9.17, 15) is 0 Å². The van der Waals surface area contributed by atoms with Crippen LogP contribution in [0.2, 0.25) is 0 Å². The first-order valence-corrected chi connectivity index (χ1v) is 4.66. The minimum absolute atomic E-state index is 0.747. The molecular formula is C11H12N4. The Kier molecular flexibility index (Phi) is 2.49. The molecular weight excluding hydrogens is 188 g/mol. The molecule has 3 N–H and O–H groups in total. The predicted molar refractivity (Wildman–Crippen MR) is 60.9 cm³/mol. The summed E-state index contributed by atoms with van der Waals surface area (Å²) >= 11 is 0. The van der Waals surface area contributed by atoms with Crippen LogP contribution in [0.4, 0.5) is 17.2 Å². The SMILES string of the molecule is Cc1nccnc1Nc1ccc(N)cc1. The van der Waals surface area contributed by atoms with Crippen molar-refractivity contribution < 1.29 is 0 Å². The first-order valence-electron chi connectivity index (χ1n) is 4.66. The smallest absolute Gasteiger partial charge is 0.151 e. The van der Waals surface area contributed by atoms with Gasteiger partial charge in [-0.1, -0.05) is 0 Å². The highest BCUT2D eigenvalue weighted by Gasteiger charge is 1.99. The number of rotatable bonds is 2. The van der Waals surface area contributed by atoms with E-state index in [4.69, 9.17) is 5.73 Å². The second-order valence-electron chi connectivity index (χ2n) is 3.24. The second-order valence-corrected chi connectivity index (χ2v) is 3.24. The lowest BCUT2D eigenvalue weighted by Gasteiger charge is -2.07. The molecule has 0 bridgehead atoms. The van der Waals surface area contributed by atoms with Crippen LogP contribution in [0, 0.1) is 6.92 Å². The highest BCUT2D eigenvalue weighted by Crippen LogP contribution is 2.17. The fourth-order valence-electron chi connectivity index (χ4n) is 1.23. The van der Waals surface area contributed by atoms with Crippen molar-refractivity contribution >= 4 is 17.2 Å². The largest absolute Gasteiger partial charge is 0.399 e. The van der Waals surface area contributed by atoms with Gasteiger partial charge in [-0.3, -0.25) is 4.98 Å². The Bertz CT molecular complexity index is 450. The summed E-state index contributed by atoms with van der Waals surface area (Å²) in [4.78, 5) is 8.33. The topological polar surface area (TPSA) is 63.8 Å². The van der Waals surface area contributed by atoms with Gasteiger partial charge in [0, 0.05) is 23.8 Å². The molecule has 0 unspecified atom stereocenters. The molecule has 0 radical (unpaired) electrons. The maximum absolute atomic E-state index is 5.59. The number of aryl methyl sites for hydroxylation is 1. The fourth-order valence-corrected chi connectivity index (χ4v) is 1.23. The molecule has 1 heterocycles. The van der Waals surface area contributed by atoms with Gasteiger partial charge in [-0.2, -0.15) is 0 Å². The van der Waals surface area contributed by atoms with Gasteiger partial charge in [0.2, 0.25) is 0 Å². The van der Waals surface area contributed by atoms with Crippen molar-refractivity contribution in [3.63, 3.8) is 0 Å². The lowest BCUT2D eigenvalue weighted by molar-refractivity contribution is 1.12. The number of anilines is 3. The van der Waals surface area contributed by atoms with E-state index >= 15 is 0 Å². The molecule has 0 fully saturated rings. The number of hydrogen-bond acceptors (Lipinski definition) is 4. The molecule has 0 amide bonds. The van der Waals surface area contributed by atoms with Gasteiger partial charge < -0.3 is 11.1 Å². The Morgan fingerprint density at radius 3 is 2.40 bits per heavy atom. The van der Waals surface area contributed by atoms with Gasteiger partial charge in [-0.25, -0.2) is 4.98 Å². The summed E-state index contributed by atoms with van der Waals surface area (Å²) in [6.07, 6.45) is 3.33. The molecule has 0 aliphatic carbocycles. The first-order chi connectivity index (χ1) is 7.25. The average molecular weight is 200 g/mol. The Labute approximate surface area is 88.2 Å². The van der Waals surface area contributed by atoms with Crippen molar-refractivity contribution in [2.45, 2.75) is 6.92 Å². The number of nitrogens with two attached hydrogens (primary N) is 1. The molecule has 15 heavy (non-hydrogen) atoms. The van der Waals surface area contributed by atoms with E-state index in [1.54, 1.807) is 12.4 Å². The molecule has 4 heteroatoms. The number of benzene rings is 1. The van der Waals surface area contributed by atoms with Crippen LogP contribution in [0.3, 0.4) is 0 Å². The van der Waals surface area contributed by atoms with Crippen LogP contribution >= 0.6 is 0 Å². The number of nitrogens with zero attached hydrogens (tertiary/aromatic N) is 2. The monoisotopic (exact) mass is 200 g/mol. The highest BCUT2D eigenvalue weighted by molar-refractivity contribution is 5.60. The zero-order valence-corrected chi connectivity index (χ0v) is 8.44. The second kappa shape index (κ2) is 3.96. The summed E-state index contributed by atoms with van der Waals surface area (Å²) in [5.74, 6) is 0.766. The zero-order chi connectivity index (χ0) is 10.7. The number of nitrogen functional groups attached to an aromatic ring is 1. The molecule has 1 aromatic heterocycles. The number of hydrogen-bond donors (Lipinski definition) is 2. The molecule has 0 saturated heterocycles. The van der Waals surface area contributed by atoms with Gasteiger partial charge in [-0.15, -0.1) is 0 Å². The van der Waals surface area contributed by atoms with Crippen LogP contribution in [-0.4, -0.2) is 9.97 Å². The van der Waals surface area contributed by atoms with Crippen LogP contribution in [0.25, 0.3) is 0 Å². The summed E-state index contributed by atoms with van der Waals surface area (Å²) in [7, 11) is 0. The maximum atomic E-state index is 5.59. The van der Waals surface area contributed by atoms with Crippen LogP contribution in [0.1, 0.15) is 5.69 Å². The van der Waals surface area contributed by atoms with Crippen LogP contribution < -0.4 is 11.1 Å². The molecule has 2 rings (SSSR count). The summed E-state index contributed by atoms with van der Waals surface area (Å²) in [5.41, 5.74) is 8.16. The van der Waals surface area contributed by atoms with Crippen LogP contribution in [0.5, 0.6) is 0 Å². The van der Waals surface area contributed by atoms with Crippen molar-refractivity contribution in [2.75, 3.05) is 11.1 Å². The molecule has 76 valence electrons. The predicted octanol–water partition coefficient (Wildman–Crippen LogP) is 2.11. The molecule has 0 aliphatic heterocycles. The minimum Gasteiger partial charge on any atom is -0.399 e. The molecule has 0 atom stereocenters. The lowest BCUT2D eigenvalue weighted by Crippen LogP contribution is -1.97. The van der Waals surface area contributed by atoms with E-state index in [1.807, 2.05) is 31.2 Å². The van der Waals surface area contributed by atoms with Crippen LogP contribution in [-0.2, 0) is 0 Å². The zero-order valence-electron chi connectivity index (χ0n) is 8.44. The van der Waals surface area contributed by atoms with Crippen molar-refractivity contribution in [1.29, 1.82) is 0 Å². The Morgan fingerprint density at radius 2 is 1.73 bits per heavy atom. The van der Waals surface area contributed by atoms with E-state index in [2.05, 4.69) is 15.3 Å². The maximum Gasteiger partial charge on any atom is 0.151 e.